The molecule has 3 aliphatic rings. The molecule has 3 unspecified atom stereocenters. The van der Waals surface area contributed by atoms with Crippen molar-refractivity contribution in [2.45, 2.75) is 90.3 Å². The van der Waals surface area contributed by atoms with Crippen LogP contribution in [0.5, 0.6) is 0 Å². The van der Waals surface area contributed by atoms with Crippen molar-refractivity contribution in [1.82, 2.24) is 29.8 Å². The van der Waals surface area contributed by atoms with E-state index in [0.717, 1.165) is 49.8 Å². The van der Waals surface area contributed by atoms with E-state index in [1.807, 2.05) is 6.20 Å². The molecular formula is C29H45F2N7O. The third-order valence-electron chi connectivity index (χ3n) is 10.00. The van der Waals surface area contributed by atoms with Gasteiger partial charge in [0.05, 0.1) is 11.9 Å². The Bertz CT molecular complexity index is 1210. The number of fused-ring (bicyclic) bond motifs is 1. The number of imidazole rings is 1. The average molecular weight is 546 g/mol. The van der Waals surface area contributed by atoms with Crippen LogP contribution < -0.4 is 10.2 Å². The normalized spacial score (nSPS) is 26.1. The van der Waals surface area contributed by atoms with E-state index >= 15 is 0 Å². The van der Waals surface area contributed by atoms with Gasteiger partial charge in [0.2, 0.25) is 5.91 Å². The Morgan fingerprint density at radius 3 is 2.67 bits per heavy atom. The summed E-state index contributed by atoms with van der Waals surface area (Å²) in [6, 6.07) is 0. The number of aromatic nitrogens is 4. The van der Waals surface area contributed by atoms with Gasteiger partial charge in [0.1, 0.15) is 18.0 Å². The number of nitrogens with one attached hydrogen (secondary N) is 1. The van der Waals surface area contributed by atoms with Crippen LogP contribution in [0, 0.1) is 17.3 Å². The Morgan fingerprint density at radius 2 is 1.97 bits per heavy atom. The molecule has 3 fully saturated rings. The number of carbonyl (C=O) groups excluding carboxylic acids is 1. The van der Waals surface area contributed by atoms with Gasteiger partial charge in [-0.2, -0.15) is 10.1 Å². The van der Waals surface area contributed by atoms with Crippen LogP contribution in [0.1, 0.15) is 84.0 Å². The first kappa shape index (κ1) is 28.2. The lowest BCUT2D eigenvalue weighted by molar-refractivity contribution is -0.127. The van der Waals surface area contributed by atoms with Crippen LogP contribution >= 0.6 is 0 Å². The highest BCUT2D eigenvalue weighted by molar-refractivity contribution is 5.79. The SMILES string of the molecule is CC1CNC(=O)[C@@H](Cc2nn3cc(C(C)CCC(C)(C)C(C)(F)CF)nc3nc2N2CCN(C)C3(CC3)C2)C1. The van der Waals surface area contributed by atoms with E-state index in [0.29, 0.717) is 31.0 Å². The average Bonchev–Trinajstić information content (AvgIpc) is 3.54. The standard InChI is InChI=1S/C29H45F2N7O/c1-19-13-21(25(39)32-15-19)14-22-24(37-12-11-36(6)29(18-37)9-10-29)34-26-33-23(16-38(26)35-22)20(2)7-8-27(3,4)28(5,31)17-30/h16,19-21H,7-15,17-18H2,1-6H3,(H,32,39)/t19?,20?,21-,28?/m1/s1. The van der Waals surface area contributed by atoms with Crippen LogP contribution in [0.25, 0.3) is 5.78 Å². The third kappa shape index (κ3) is 5.50. The quantitative estimate of drug-likeness (QED) is 0.505. The highest BCUT2D eigenvalue weighted by Crippen LogP contribution is 2.44. The summed E-state index contributed by atoms with van der Waals surface area (Å²) < 4.78 is 29.8. The van der Waals surface area contributed by atoms with Crippen LogP contribution in [0.3, 0.4) is 0 Å². The lowest BCUT2D eigenvalue weighted by Crippen LogP contribution is -2.54. The monoisotopic (exact) mass is 545 g/mol. The first-order valence-electron chi connectivity index (χ1n) is 14.6. The number of likely N-dealkylation sites (N-methyl/N-ethyl adjacent to an activating group) is 1. The number of piperazine rings is 1. The first-order valence-corrected chi connectivity index (χ1v) is 14.6. The Morgan fingerprint density at radius 1 is 1.23 bits per heavy atom. The summed E-state index contributed by atoms with van der Waals surface area (Å²) in [6.45, 7) is 11.6. The molecule has 0 aromatic carbocycles. The van der Waals surface area contributed by atoms with Gasteiger partial charge in [-0.3, -0.25) is 9.69 Å². The van der Waals surface area contributed by atoms with Crippen molar-refractivity contribution in [1.29, 1.82) is 0 Å². The number of hydrogen-bond acceptors (Lipinski definition) is 6. The maximum atomic E-state index is 14.8. The molecule has 10 heteroatoms. The molecule has 1 amide bonds. The summed E-state index contributed by atoms with van der Waals surface area (Å²) in [6.07, 6.45) is 6.89. The number of rotatable bonds is 9. The van der Waals surface area contributed by atoms with Crippen molar-refractivity contribution in [3.63, 3.8) is 0 Å². The minimum absolute atomic E-state index is 0.0402. The number of anilines is 1. The second kappa shape index (κ2) is 10.2. The van der Waals surface area contributed by atoms with Gasteiger partial charge >= 0.3 is 0 Å². The molecule has 2 aliphatic heterocycles. The molecule has 216 valence electrons. The van der Waals surface area contributed by atoms with Crippen LogP contribution in [-0.2, 0) is 11.2 Å². The molecule has 4 atom stereocenters. The second-order valence-corrected chi connectivity index (χ2v) is 13.5. The van der Waals surface area contributed by atoms with E-state index in [4.69, 9.17) is 15.1 Å². The predicted octanol–water partition coefficient (Wildman–Crippen LogP) is 4.33. The van der Waals surface area contributed by atoms with Crippen molar-refractivity contribution in [3.05, 3.63) is 17.6 Å². The number of nitrogens with zero attached hydrogens (tertiary/aromatic N) is 6. The minimum Gasteiger partial charge on any atom is -0.356 e. The summed E-state index contributed by atoms with van der Waals surface area (Å²) in [7, 11) is 2.20. The molecule has 2 aromatic rings. The number of halogens is 2. The van der Waals surface area contributed by atoms with Gasteiger partial charge in [-0.15, -0.1) is 0 Å². The van der Waals surface area contributed by atoms with Crippen molar-refractivity contribution in [2.24, 2.45) is 17.3 Å². The van der Waals surface area contributed by atoms with E-state index in [2.05, 4.69) is 36.0 Å². The summed E-state index contributed by atoms with van der Waals surface area (Å²) in [5.41, 5.74) is -0.763. The highest BCUT2D eigenvalue weighted by Gasteiger charge is 2.50. The molecule has 0 radical (unpaired) electrons. The van der Waals surface area contributed by atoms with Gasteiger partial charge < -0.3 is 10.2 Å². The van der Waals surface area contributed by atoms with Gasteiger partial charge in [0.25, 0.3) is 5.78 Å². The van der Waals surface area contributed by atoms with Gasteiger partial charge in [0, 0.05) is 55.4 Å². The largest absolute Gasteiger partial charge is 0.356 e. The lowest BCUT2D eigenvalue weighted by Gasteiger charge is -2.41. The molecule has 0 bridgehead atoms. The van der Waals surface area contributed by atoms with E-state index < -0.39 is 17.8 Å². The van der Waals surface area contributed by atoms with E-state index in [-0.39, 0.29) is 23.3 Å². The molecule has 5 rings (SSSR count). The molecule has 1 N–H and O–H groups in total. The fourth-order valence-electron chi connectivity index (χ4n) is 6.08. The van der Waals surface area contributed by atoms with Gasteiger partial charge in [-0.05, 0) is 52.0 Å². The van der Waals surface area contributed by atoms with Crippen molar-refractivity contribution in [2.75, 3.05) is 44.8 Å². The van der Waals surface area contributed by atoms with Gasteiger partial charge in [0.15, 0.2) is 5.82 Å². The fourth-order valence-corrected chi connectivity index (χ4v) is 6.08. The second-order valence-electron chi connectivity index (χ2n) is 13.5. The topological polar surface area (TPSA) is 78.7 Å². The molecule has 2 saturated heterocycles. The zero-order valence-corrected chi connectivity index (χ0v) is 24.4. The predicted molar refractivity (Wildman–Crippen MR) is 148 cm³/mol. The molecule has 1 saturated carbocycles. The summed E-state index contributed by atoms with van der Waals surface area (Å²) in [4.78, 5) is 27.4. The number of hydrogen-bond donors (Lipinski definition) is 1. The van der Waals surface area contributed by atoms with E-state index in [1.54, 1.807) is 18.4 Å². The number of alkyl halides is 2. The third-order valence-corrected chi connectivity index (χ3v) is 10.00. The van der Waals surface area contributed by atoms with E-state index in [9.17, 15) is 13.6 Å². The van der Waals surface area contributed by atoms with Crippen molar-refractivity contribution in [3.8, 4) is 0 Å². The lowest BCUT2D eigenvalue weighted by atomic mass is 9.73. The van der Waals surface area contributed by atoms with Crippen LogP contribution in [0.4, 0.5) is 14.6 Å². The number of amides is 1. The molecule has 8 nitrogen and oxygen atoms in total. The van der Waals surface area contributed by atoms with Gasteiger partial charge in [-0.1, -0.05) is 27.7 Å². The van der Waals surface area contributed by atoms with Crippen LogP contribution in [0.2, 0.25) is 0 Å². The summed E-state index contributed by atoms with van der Waals surface area (Å²) >= 11 is 0. The Hall–Kier alpha value is -2.36. The first-order chi connectivity index (χ1) is 18.3. The Kier molecular flexibility index (Phi) is 7.40. The van der Waals surface area contributed by atoms with Gasteiger partial charge in [-0.25, -0.2) is 18.3 Å². The number of piperidine rings is 1. The zero-order chi connectivity index (χ0) is 28.2. The Labute approximate surface area is 230 Å². The van der Waals surface area contributed by atoms with Crippen molar-refractivity contribution >= 4 is 17.5 Å². The summed E-state index contributed by atoms with van der Waals surface area (Å²) in [5.74, 6) is 1.82. The molecule has 2 aromatic heterocycles. The molecule has 39 heavy (non-hydrogen) atoms. The smallest absolute Gasteiger partial charge is 0.252 e. The maximum Gasteiger partial charge on any atom is 0.252 e. The molecular weight excluding hydrogens is 500 g/mol. The molecule has 1 spiro atoms. The summed E-state index contributed by atoms with van der Waals surface area (Å²) in [5, 5.41) is 8.05. The maximum absolute atomic E-state index is 14.8. The highest BCUT2D eigenvalue weighted by atomic mass is 19.2. The van der Waals surface area contributed by atoms with E-state index in [1.165, 1.54) is 19.8 Å². The molecule has 1 aliphatic carbocycles. The van der Waals surface area contributed by atoms with Crippen LogP contribution in [0.15, 0.2) is 6.20 Å². The zero-order valence-electron chi connectivity index (χ0n) is 24.4. The van der Waals surface area contributed by atoms with Crippen LogP contribution in [-0.4, -0.2) is 81.5 Å². The fraction of sp³-hybridized carbons (Fsp3) is 0.793. The van der Waals surface area contributed by atoms with Crippen molar-refractivity contribution < 1.29 is 13.6 Å². The number of carbonyl (C=O) groups is 1. The Balaban J connectivity index is 1.43. The molecule has 4 heterocycles. The minimum atomic E-state index is -1.87.